The van der Waals surface area contributed by atoms with Crippen LogP contribution in [-0.2, 0) is 5.54 Å². The van der Waals surface area contributed by atoms with Crippen molar-refractivity contribution in [2.75, 3.05) is 0 Å². The van der Waals surface area contributed by atoms with Gasteiger partial charge in [-0.1, -0.05) is 24.3 Å². The van der Waals surface area contributed by atoms with E-state index in [2.05, 4.69) is 0 Å². The summed E-state index contributed by atoms with van der Waals surface area (Å²) in [7, 11) is 0. The van der Waals surface area contributed by atoms with Crippen LogP contribution in [0.4, 0.5) is 4.39 Å². The van der Waals surface area contributed by atoms with Gasteiger partial charge < -0.3 is 10.5 Å². The third-order valence-corrected chi connectivity index (χ3v) is 3.27. The molecule has 0 saturated carbocycles. The maximum Gasteiger partial charge on any atom is 0.123 e. The average Bonchev–Trinajstić information content (AvgIpc) is 2.39. The Labute approximate surface area is 119 Å². The molecule has 0 aromatic heterocycles. The van der Waals surface area contributed by atoms with Crippen LogP contribution in [0.25, 0.3) is 0 Å². The fourth-order valence-corrected chi connectivity index (χ4v) is 2.11. The highest BCUT2D eigenvalue weighted by Crippen LogP contribution is 2.28. The predicted octanol–water partition coefficient (Wildman–Crippen LogP) is 3.84. The zero-order valence-electron chi connectivity index (χ0n) is 12.1. The second-order valence-electron chi connectivity index (χ2n) is 5.40. The average molecular weight is 273 g/mol. The second kappa shape index (κ2) is 5.63. The SMILES string of the molecule is CC(C)Oc1ccc(C(C)(N)c2ccc(F)cc2)cc1. The molecule has 0 saturated heterocycles. The standard InChI is InChI=1S/C17H20FNO/c1-12(2)20-16-10-6-14(7-11-16)17(3,19)13-4-8-15(18)9-5-13/h4-12H,19H2,1-3H3. The van der Waals surface area contributed by atoms with Crippen molar-refractivity contribution in [3.8, 4) is 5.75 Å². The van der Waals surface area contributed by atoms with E-state index in [1.54, 1.807) is 12.1 Å². The molecule has 0 amide bonds. The molecule has 2 rings (SSSR count). The van der Waals surface area contributed by atoms with Crippen LogP contribution in [0.3, 0.4) is 0 Å². The Bertz CT molecular complexity index is 559. The molecule has 0 spiro atoms. The van der Waals surface area contributed by atoms with Crippen LogP contribution in [-0.4, -0.2) is 6.10 Å². The van der Waals surface area contributed by atoms with Gasteiger partial charge in [0.15, 0.2) is 0 Å². The fourth-order valence-electron chi connectivity index (χ4n) is 2.11. The summed E-state index contributed by atoms with van der Waals surface area (Å²) in [4.78, 5) is 0. The van der Waals surface area contributed by atoms with Gasteiger partial charge in [0.2, 0.25) is 0 Å². The summed E-state index contributed by atoms with van der Waals surface area (Å²) in [6, 6.07) is 14.0. The number of rotatable bonds is 4. The summed E-state index contributed by atoms with van der Waals surface area (Å²) < 4.78 is 18.6. The minimum Gasteiger partial charge on any atom is -0.491 e. The van der Waals surface area contributed by atoms with Gasteiger partial charge in [-0.25, -0.2) is 4.39 Å². The van der Waals surface area contributed by atoms with Gasteiger partial charge in [-0.15, -0.1) is 0 Å². The fraction of sp³-hybridized carbons (Fsp3) is 0.294. The van der Waals surface area contributed by atoms with Crippen molar-refractivity contribution in [1.82, 2.24) is 0 Å². The molecule has 1 atom stereocenters. The molecule has 0 aliphatic carbocycles. The van der Waals surface area contributed by atoms with Crippen molar-refractivity contribution in [1.29, 1.82) is 0 Å². The van der Waals surface area contributed by atoms with Crippen molar-refractivity contribution in [3.05, 3.63) is 65.5 Å². The first-order valence-electron chi connectivity index (χ1n) is 6.71. The van der Waals surface area contributed by atoms with Crippen LogP contribution in [0, 0.1) is 5.82 Å². The Morgan fingerprint density at radius 3 is 1.85 bits per heavy atom. The third kappa shape index (κ3) is 3.17. The van der Waals surface area contributed by atoms with Gasteiger partial charge in [0.05, 0.1) is 11.6 Å². The lowest BCUT2D eigenvalue weighted by molar-refractivity contribution is 0.242. The zero-order chi connectivity index (χ0) is 14.8. The predicted molar refractivity (Wildman–Crippen MR) is 79.2 cm³/mol. The summed E-state index contributed by atoms with van der Waals surface area (Å²) in [5, 5.41) is 0. The first-order valence-corrected chi connectivity index (χ1v) is 6.71. The molecular formula is C17H20FNO. The molecule has 2 N–H and O–H groups in total. The van der Waals surface area contributed by atoms with Crippen molar-refractivity contribution in [3.63, 3.8) is 0 Å². The van der Waals surface area contributed by atoms with Crippen LogP contribution < -0.4 is 10.5 Å². The number of hydrogen-bond acceptors (Lipinski definition) is 2. The van der Waals surface area contributed by atoms with E-state index in [9.17, 15) is 4.39 Å². The van der Waals surface area contributed by atoms with Crippen LogP contribution in [0.15, 0.2) is 48.5 Å². The molecule has 2 aromatic rings. The van der Waals surface area contributed by atoms with E-state index in [-0.39, 0.29) is 11.9 Å². The van der Waals surface area contributed by atoms with Crippen LogP contribution in [0.2, 0.25) is 0 Å². The van der Waals surface area contributed by atoms with Gasteiger partial charge in [0.1, 0.15) is 11.6 Å². The molecule has 20 heavy (non-hydrogen) atoms. The van der Waals surface area contributed by atoms with E-state index in [0.29, 0.717) is 0 Å². The van der Waals surface area contributed by atoms with Crippen LogP contribution in [0.1, 0.15) is 31.9 Å². The number of benzene rings is 2. The maximum absolute atomic E-state index is 13.0. The van der Waals surface area contributed by atoms with Crippen molar-refractivity contribution < 1.29 is 9.13 Å². The number of ether oxygens (including phenoxy) is 1. The molecule has 2 nitrogen and oxygen atoms in total. The third-order valence-electron chi connectivity index (χ3n) is 3.27. The van der Waals surface area contributed by atoms with Gasteiger partial charge in [-0.3, -0.25) is 0 Å². The Morgan fingerprint density at radius 1 is 0.950 bits per heavy atom. The van der Waals surface area contributed by atoms with E-state index in [4.69, 9.17) is 10.5 Å². The Morgan fingerprint density at radius 2 is 1.40 bits per heavy atom. The molecule has 0 radical (unpaired) electrons. The molecule has 0 bridgehead atoms. The molecule has 106 valence electrons. The largest absolute Gasteiger partial charge is 0.491 e. The summed E-state index contributed by atoms with van der Waals surface area (Å²) in [6.45, 7) is 5.89. The van der Waals surface area contributed by atoms with E-state index >= 15 is 0 Å². The lowest BCUT2D eigenvalue weighted by atomic mass is 9.86. The van der Waals surface area contributed by atoms with Crippen LogP contribution in [0.5, 0.6) is 5.75 Å². The quantitative estimate of drug-likeness (QED) is 0.918. The number of hydrogen-bond donors (Lipinski definition) is 1. The second-order valence-corrected chi connectivity index (χ2v) is 5.40. The molecular weight excluding hydrogens is 253 g/mol. The number of halogens is 1. The summed E-state index contributed by atoms with van der Waals surface area (Å²) >= 11 is 0. The van der Waals surface area contributed by atoms with E-state index < -0.39 is 5.54 Å². The maximum atomic E-state index is 13.0. The number of nitrogens with two attached hydrogens (primary N) is 1. The topological polar surface area (TPSA) is 35.2 Å². The normalized spacial score (nSPS) is 14.1. The highest BCUT2D eigenvalue weighted by Gasteiger charge is 2.23. The molecule has 3 heteroatoms. The minimum absolute atomic E-state index is 0.141. The van der Waals surface area contributed by atoms with E-state index in [1.807, 2.05) is 45.0 Å². The van der Waals surface area contributed by atoms with Crippen LogP contribution >= 0.6 is 0 Å². The molecule has 0 aliphatic rings. The van der Waals surface area contributed by atoms with Gasteiger partial charge in [0, 0.05) is 0 Å². The highest BCUT2D eigenvalue weighted by molar-refractivity contribution is 5.39. The summed E-state index contributed by atoms with van der Waals surface area (Å²) in [6.07, 6.45) is 0.141. The lowest BCUT2D eigenvalue weighted by Crippen LogP contribution is -2.34. The first kappa shape index (κ1) is 14.5. The Hall–Kier alpha value is -1.87. The minimum atomic E-state index is -0.663. The van der Waals surface area contributed by atoms with E-state index in [1.165, 1.54) is 12.1 Å². The molecule has 2 aromatic carbocycles. The van der Waals surface area contributed by atoms with Crippen molar-refractivity contribution >= 4 is 0 Å². The zero-order valence-corrected chi connectivity index (χ0v) is 12.1. The molecule has 0 heterocycles. The van der Waals surface area contributed by atoms with E-state index in [0.717, 1.165) is 16.9 Å². The first-order chi connectivity index (χ1) is 9.39. The van der Waals surface area contributed by atoms with Crippen molar-refractivity contribution in [2.24, 2.45) is 5.73 Å². The lowest BCUT2D eigenvalue weighted by Gasteiger charge is -2.26. The Kier molecular flexibility index (Phi) is 4.09. The summed E-state index contributed by atoms with van der Waals surface area (Å²) in [5.41, 5.74) is 7.57. The van der Waals surface area contributed by atoms with Gasteiger partial charge in [-0.2, -0.15) is 0 Å². The Balaban J connectivity index is 2.27. The molecule has 1 unspecified atom stereocenters. The van der Waals surface area contributed by atoms with Gasteiger partial charge in [0.25, 0.3) is 0 Å². The molecule has 0 fully saturated rings. The van der Waals surface area contributed by atoms with Gasteiger partial charge >= 0.3 is 0 Å². The smallest absolute Gasteiger partial charge is 0.123 e. The summed E-state index contributed by atoms with van der Waals surface area (Å²) in [5.74, 6) is 0.559. The van der Waals surface area contributed by atoms with Gasteiger partial charge in [-0.05, 0) is 56.2 Å². The highest BCUT2D eigenvalue weighted by atomic mass is 19.1. The van der Waals surface area contributed by atoms with Crippen molar-refractivity contribution in [2.45, 2.75) is 32.4 Å². The monoisotopic (exact) mass is 273 g/mol. The molecule has 0 aliphatic heterocycles.